The SMILES string of the molecule is Cc1ccc(OCC2(O)CCN(C3CCN(S(C)(=O)=O)CC3)CC2)cc1. The Balaban J connectivity index is 1.45. The van der Waals surface area contributed by atoms with E-state index in [4.69, 9.17) is 4.74 Å². The van der Waals surface area contributed by atoms with Crippen LogP contribution >= 0.6 is 0 Å². The fraction of sp³-hybridized carbons (Fsp3) is 0.684. The van der Waals surface area contributed by atoms with E-state index in [0.717, 1.165) is 31.7 Å². The summed E-state index contributed by atoms with van der Waals surface area (Å²) in [6.45, 7) is 5.21. The van der Waals surface area contributed by atoms with Gasteiger partial charge in [-0.2, -0.15) is 0 Å². The van der Waals surface area contributed by atoms with E-state index in [0.29, 0.717) is 38.6 Å². The number of ether oxygens (including phenoxy) is 1. The average Bonchev–Trinajstić information content (AvgIpc) is 2.61. The number of hydrogen-bond donors (Lipinski definition) is 1. The lowest BCUT2D eigenvalue weighted by Gasteiger charge is -2.43. The largest absolute Gasteiger partial charge is 0.491 e. The van der Waals surface area contributed by atoms with Crippen molar-refractivity contribution in [1.82, 2.24) is 9.21 Å². The van der Waals surface area contributed by atoms with Crippen molar-refractivity contribution in [2.75, 3.05) is 39.0 Å². The van der Waals surface area contributed by atoms with Gasteiger partial charge in [-0.15, -0.1) is 0 Å². The summed E-state index contributed by atoms with van der Waals surface area (Å²) < 4.78 is 30.6. The number of nitrogens with zero attached hydrogens (tertiary/aromatic N) is 2. The molecule has 0 bridgehead atoms. The van der Waals surface area contributed by atoms with Crippen molar-refractivity contribution in [2.45, 2.75) is 44.2 Å². The van der Waals surface area contributed by atoms with Crippen LogP contribution in [0.1, 0.15) is 31.2 Å². The molecular formula is C19H30N2O4S. The zero-order valence-electron chi connectivity index (χ0n) is 15.7. The molecule has 1 aromatic carbocycles. The number of aryl methyl sites for hydroxylation is 1. The van der Waals surface area contributed by atoms with E-state index in [1.54, 1.807) is 4.31 Å². The van der Waals surface area contributed by atoms with Crippen LogP contribution in [-0.2, 0) is 10.0 Å². The van der Waals surface area contributed by atoms with Gasteiger partial charge in [0.05, 0.1) is 6.26 Å². The Hall–Kier alpha value is -1.15. The van der Waals surface area contributed by atoms with Gasteiger partial charge in [0.1, 0.15) is 18.0 Å². The summed E-state index contributed by atoms with van der Waals surface area (Å²) in [7, 11) is -3.08. The number of sulfonamides is 1. The Morgan fingerprint density at radius 1 is 1.12 bits per heavy atom. The van der Waals surface area contributed by atoms with E-state index in [1.807, 2.05) is 31.2 Å². The van der Waals surface area contributed by atoms with Gasteiger partial charge < -0.3 is 14.7 Å². The normalized spacial score (nSPS) is 23.0. The van der Waals surface area contributed by atoms with Crippen molar-refractivity contribution in [3.8, 4) is 5.75 Å². The molecule has 3 rings (SSSR count). The minimum atomic E-state index is -3.08. The van der Waals surface area contributed by atoms with Crippen molar-refractivity contribution in [1.29, 1.82) is 0 Å². The Labute approximate surface area is 156 Å². The molecule has 1 N–H and O–H groups in total. The van der Waals surface area contributed by atoms with Crippen molar-refractivity contribution in [2.24, 2.45) is 0 Å². The summed E-state index contributed by atoms with van der Waals surface area (Å²) in [5.41, 5.74) is 0.403. The third-order valence-electron chi connectivity index (χ3n) is 5.67. The molecule has 146 valence electrons. The average molecular weight is 383 g/mol. The number of benzene rings is 1. The molecule has 7 heteroatoms. The zero-order chi connectivity index (χ0) is 18.8. The molecule has 1 aromatic rings. The molecule has 6 nitrogen and oxygen atoms in total. The van der Waals surface area contributed by atoms with Gasteiger partial charge in [0.15, 0.2) is 0 Å². The first-order valence-corrected chi connectivity index (χ1v) is 11.2. The molecule has 2 saturated heterocycles. The Morgan fingerprint density at radius 2 is 1.69 bits per heavy atom. The highest BCUT2D eigenvalue weighted by Gasteiger charge is 2.37. The van der Waals surface area contributed by atoms with Gasteiger partial charge in [0, 0.05) is 32.2 Å². The van der Waals surface area contributed by atoms with E-state index in [9.17, 15) is 13.5 Å². The van der Waals surface area contributed by atoms with E-state index in [-0.39, 0.29) is 0 Å². The van der Waals surface area contributed by atoms with Gasteiger partial charge in [0.2, 0.25) is 10.0 Å². The van der Waals surface area contributed by atoms with Crippen LogP contribution in [0.25, 0.3) is 0 Å². The quantitative estimate of drug-likeness (QED) is 0.838. The molecule has 0 saturated carbocycles. The molecule has 2 fully saturated rings. The van der Waals surface area contributed by atoms with Crippen LogP contribution in [0.15, 0.2) is 24.3 Å². The van der Waals surface area contributed by atoms with E-state index in [2.05, 4.69) is 4.90 Å². The molecule has 0 unspecified atom stereocenters. The third-order valence-corrected chi connectivity index (χ3v) is 6.97. The van der Waals surface area contributed by atoms with Gasteiger partial charge in [-0.1, -0.05) is 17.7 Å². The van der Waals surface area contributed by atoms with Crippen molar-refractivity contribution in [3.63, 3.8) is 0 Å². The summed E-state index contributed by atoms with van der Waals surface area (Å²) in [6.07, 6.45) is 4.38. The summed E-state index contributed by atoms with van der Waals surface area (Å²) in [5.74, 6) is 0.791. The molecule has 0 amide bonds. The van der Waals surface area contributed by atoms with Gasteiger partial charge >= 0.3 is 0 Å². The van der Waals surface area contributed by atoms with E-state index < -0.39 is 15.6 Å². The maximum absolute atomic E-state index is 11.6. The van der Waals surface area contributed by atoms with Crippen LogP contribution in [0.2, 0.25) is 0 Å². The summed E-state index contributed by atoms with van der Waals surface area (Å²) in [6, 6.07) is 8.29. The molecule has 0 radical (unpaired) electrons. The standard InChI is InChI=1S/C19H30N2O4S/c1-16-3-5-18(6-4-16)25-15-19(22)9-13-20(14-10-19)17-7-11-21(12-8-17)26(2,23)24/h3-6,17,22H,7-15H2,1-2H3. The zero-order valence-corrected chi connectivity index (χ0v) is 16.5. The second kappa shape index (κ2) is 7.84. The van der Waals surface area contributed by atoms with Crippen molar-refractivity contribution >= 4 is 10.0 Å². The molecule has 2 aliphatic rings. The second-order valence-electron chi connectivity index (χ2n) is 7.76. The maximum atomic E-state index is 11.6. The molecular weight excluding hydrogens is 352 g/mol. The van der Waals surface area contributed by atoms with E-state index >= 15 is 0 Å². The van der Waals surface area contributed by atoms with Crippen LogP contribution < -0.4 is 4.74 Å². The minimum Gasteiger partial charge on any atom is -0.491 e. The second-order valence-corrected chi connectivity index (χ2v) is 9.74. The summed E-state index contributed by atoms with van der Waals surface area (Å²) >= 11 is 0. The predicted molar refractivity (Wildman–Crippen MR) is 102 cm³/mol. The lowest BCUT2D eigenvalue weighted by molar-refractivity contribution is -0.0623. The summed E-state index contributed by atoms with van der Waals surface area (Å²) in [4.78, 5) is 2.40. The number of rotatable bonds is 5. The predicted octanol–water partition coefficient (Wildman–Crippen LogP) is 1.62. The van der Waals surface area contributed by atoms with Crippen LogP contribution in [0, 0.1) is 6.92 Å². The molecule has 0 spiro atoms. The van der Waals surface area contributed by atoms with Crippen LogP contribution in [0.4, 0.5) is 0 Å². The highest BCUT2D eigenvalue weighted by atomic mass is 32.2. The number of likely N-dealkylation sites (tertiary alicyclic amines) is 1. The molecule has 0 aromatic heterocycles. The fourth-order valence-corrected chi connectivity index (χ4v) is 4.71. The van der Waals surface area contributed by atoms with Gasteiger partial charge in [0.25, 0.3) is 0 Å². The minimum absolute atomic E-state index is 0.316. The van der Waals surface area contributed by atoms with Crippen LogP contribution in [0.5, 0.6) is 5.75 Å². The fourth-order valence-electron chi connectivity index (χ4n) is 3.84. The van der Waals surface area contributed by atoms with Crippen molar-refractivity contribution < 1.29 is 18.3 Å². The maximum Gasteiger partial charge on any atom is 0.211 e. The Kier molecular flexibility index (Phi) is 5.91. The van der Waals surface area contributed by atoms with Crippen molar-refractivity contribution in [3.05, 3.63) is 29.8 Å². The first-order valence-electron chi connectivity index (χ1n) is 9.36. The van der Waals surface area contributed by atoms with Gasteiger partial charge in [-0.05, 0) is 44.7 Å². The van der Waals surface area contributed by atoms with Crippen LogP contribution in [0.3, 0.4) is 0 Å². The third kappa shape index (κ3) is 4.97. The molecule has 2 aliphatic heterocycles. The van der Waals surface area contributed by atoms with Crippen LogP contribution in [-0.4, -0.2) is 73.4 Å². The first-order chi connectivity index (χ1) is 12.3. The molecule has 0 atom stereocenters. The number of piperidine rings is 2. The van der Waals surface area contributed by atoms with Gasteiger partial charge in [-0.25, -0.2) is 12.7 Å². The Bertz CT molecular complexity index is 689. The van der Waals surface area contributed by atoms with E-state index in [1.165, 1.54) is 11.8 Å². The van der Waals surface area contributed by atoms with Gasteiger partial charge in [-0.3, -0.25) is 0 Å². The first kappa shape index (κ1) is 19.6. The lowest BCUT2D eigenvalue weighted by atomic mass is 9.90. The number of aliphatic hydroxyl groups is 1. The highest BCUT2D eigenvalue weighted by Crippen LogP contribution is 2.28. The molecule has 0 aliphatic carbocycles. The summed E-state index contributed by atoms with van der Waals surface area (Å²) in [5, 5.41) is 10.8. The Morgan fingerprint density at radius 3 is 2.23 bits per heavy atom. The topological polar surface area (TPSA) is 70.1 Å². The number of hydrogen-bond acceptors (Lipinski definition) is 5. The smallest absolute Gasteiger partial charge is 0.211 e. The monoisotopic (exact) mass is 382 g/mol. The molecule has 2 heterocycles. The lowest BCUT2D eigenvalue weighted by Crippen LogP contribution is -2.53. The highest BCUT2D eigenvalue weighted by molar-refractivity contribution is 7.88. The molecule has 26 heavy (non-hydrogen) atoms.